The van der Waals surface area contributed by atoms with E-state index >= 15 is 0 Å². The summed E-state index contributed by atoms with van der Waals surface area (Å²) >= 11 is 14.7. The van der Waals surface area contributed by atoms with Crippen molar-refractivity contribution in [3.05, 3.63) is 104 Å². The minimum Gasteiger partial charge on any atom is -0.457 e. The molecule has 18 atom stereocenters. The summed E-state index contributed by atoms with van der Waals surface area (Å²) in [7, 11) is 12.3. The molecule has 127 heavy (non-hydrogen) atoms. The monoisotopic (exact) mass is 1870 g/mol. The Morgan fingerprint density at radius 3 is 1.50 bits per heavy atom. The van der Waals surface area contributed by atoms with Crippen molar-refractivity contribution < 1.29 is 116 Å². The first-order valence-electron chi connectivity index (χ1n) is 42.7. The SMILES string of the molecule is CNC(=O)C1CCC(CN2C(=O)CC(SCCC(=O)N(C)[C@@H](C)C(=O)O[C@H]3CC(=O)N(C)c4cc(cc(CO)c4Cl)C/C(C)=C/C=C/[C@@H](C=O)[C@@]4(O)C[C@H](OC(=O)N4)[C@@H](C)[C@@H]4O[C@@]34C)C2=O)CC1.CNC(=O)CCC(C)SSCCC(=O)N(C)[C@@H](C)C(=O)O[C@H]1CC(=O)N(C)c2cc(cc(CO)c2Cl)C/C(C)=C/C=C/[C@@H](C=O)[C@@]2(O)C[C@H](OC(=O)N2)[C@@H](C)[C@@H]2O[C@@]12C. The lowest BCUT2D eigenvalue weighted by atomic mass is 9.81. The molecular formula is C89H121Cl2N9O24S3. The number of aliphatic hydroxyl groups excluding tert-OH is 2. The van der Waals surface area contributed by atoms with Crippen LogP contribution in [0.3, 0.4) is 0 Å². The molecule has 8 N–H and O–H groups in total. The number of anilines is 2. The molecule has 8 aliphatic rings. The Balaban J connectivity index is 0.000000290. The predicted molar refractivity (Wildman–Crippen MR) is 477 cm³/mol. The van der Waals surface area contributed by atoms with Crippen LogP contribution in [0.1, 0.15) is 168 Å². The van der Waals surface area contributed by atoms with Gasteiger partial charge in [0.05, 0.1) is 76.8 Å². The topological polar surface area (TPSA) is 446 Å². The average Bonchev–Trinajstić information content (AvgIpc) is 1.57. The third-order valence-electron chi connectivity index (χ3n) is 25.6. The van der Waals surface area contributed by atoms with E-state index in [1.807, 2.05) is 20.8 Å². The van der Waals surface area contributed by atoms with E-state index in [0.29, 0.717) is 91.5 Å². The zero-order valence-corrected chi connectivity index (χ0v) is 78.4. The van der Waals surface area contributed by atoms with Crippen LogP contribution in [0.5, 0.6) is 0 Å². The van der Waals surface area contributed by atoms with Crippen LogP contribution in [-0.4, -0.2) is 261 Å². The molecule has 2 aromatic carbocycles. The lowest BCUT2D eigenvalue weighted by Crippen LogP contribution is -2.61. The lowest BCUT2D eigenvalue weighted by Gasteiger charge is -2.41. The van der Waals surface area contributed by atoms with Crippen LogP contribution in [0, 0.1) is 35.5 Å². The van der Waals surface area contributed by atoms with E-state index in [0.717, 1.165) is 29.6 Å². The second-order valence-corrected chi connectivity index (χ2v) is 39.7. The van der Waals surface area contributed by atoms with E-state index in [1.54, 1.807) is 101 Å². The number of likely N-dealkylation sites (N-methyl/N-ethyl adjacent to an activating group) is 2. The highest BCUT2D eigenvalue weighted by molar-refractivity contribution is 8.76. The normalized spacial score (nSPS) is 31.3. The van der Waals surface area contributed by atoms with Gasteiger partial charge in [0, 0.05) is 122 Å². The second kappa shape index (κ2) is 44.5. The van der Waals surface area contributed by atoms with Crippen LogP contribution in [0.15, 0.2) is 71.9 Å². The van der Waals surface area contributed by atoms with Gasteiger partial charge in [0.15, 0.2) is 11.4 Å². The number of halogens is 2. The molecule has 33 nitrogen and oxygen atoms in total. The Hall–Kier alpha value is -8.43. The fourth-order valence-electron chi connectivity index (χ4n) is 16.9. The fraction of sp³-hybridized carbons (Fsp3) is 0.618. The summed E-state index contributed by atoms with van der Waals surface area (Å²) in [6, 6.07) is 4.69. The number of likely N-dealkylation sites (tertiary alicyclic amines) is 1. The number of aldehydes is 2. The Morgan fingerprint density at radius 1 is 0.646 bits per heavy atom. The summed E-state index contributed by atoms with van der Waals surface area (Å²) in [5.41, 5.74) is -2.22. The van der Waals surface area contributed by atoms with Crippen molar-refractivity contribution in [3.8, 4) is 0 Å². The fourth-order valence-corrected chi connectivity index (χ4v) is 20.9. The minimum atomic E-state index is -2.03. The number of nitrogens with zero attached hydrogens (tertiary/aromatic N) is 5. The number of imide groups is 1. The van der Waals surface area contributed by atoms with E-state index < -0.39 is 162 Å². The molecule has 7 heterocycles. The van der Waals surface area contributed by atoms with Crippen LogP contribution in [-0.2, 0) is 112 Å². The van der Waals surface area contributed by atoms with Gasteiger partial charge < -0.3 is 88.7 Å². The van der Waals surface area contributed by atoms with Gasteiger partial charge in [0.1, 0.15) is 60.3 Å². The first-order valence-corrected chi connectivity index (χ1v) is 46.9. The van der Waals surface area contributed by atoms with Crippen LogP contribution >= 0.6 is 56.6 Å². The molecular weight excluding hydrogens is 1750 g/mol. The van der Waals surface area contributed by atoms with Crippen molar-refractivity contribution in [2.75, 3.05) is 70.1 Å². The van der Waals surface area contributed by atoms with Crippen LogP contribution in [0.2, 0.25) is 10.0 Å². The maximum Gasteiger partial charge on any atom is 0.409 e. The van der Waals surface area contributed by atoms with Crippen LogP contribution in [0.4, 0.5) is 21.0 Å². The van der Waals surface area contributed by atoms with Crippen molar-refractivity contribution in [1.29, 1.82) is 0 Å². The first kappa shape index (κ1) is 102. The third-order valence-corrected chi connectivity index (χ3v) is 30.7. The molecule has 38 heteroatoms. The number of carbonyl (C=O) groups excluding carboxylic acids is 14. The molecule has 10 rings (SSSR count). The number of epoxide rings is 2. The highest BCUT2D eigenvalue weighted by atomic mass is 35.5. The van der Waals surface area contributed by atoms with Crippen molar-refractivity contribution in [2.24, 2.45) is 35.5 Å². The number of ether oxygens (including phenoxy) is 6. The van der Waals surface area contributed by atoms with Crippen molar-refractivity contribution >= 4 is 152 Å². The van der Waals surface area contributed by atoms with Gasteiger partial charge in [-0.3, -0.25) is 53.9 Å². The molecule has 2 aromatic rings. The molecule has 0 radical (unpaired) electrons. The molecule has 8 bridgehead atoms. The number of fused-ring (bicyclic) bond motifs is 10. The van der Waals surface area contributed by atoms with Gasteiger partial charge in [-0.2, -0.15) is 0 Å². The van der Waals surface area contributed by atoms with E-state index in [4.69, 9.17) is 51.6 Å². The standard InChI is InChI=1S/C48H64ClN5O13S.C41H57ClN4O11S2/c1-26-9-8-10-33(25-56)48(64)22-35(65-46(63)51-48)27(2)42-47(4,67-42)37(21-39(58)53(7)34-19-30(17-26)18-32(24-55)41(34)49)66-45(62)28(3)52(6)38(57)15-16-68-36-20-40(59)54(44(36)61)23-29-11-13-31(14-12-29)43(60)50-5;1-23-10-9-11-29(22-48)41(54)20-31(55-39(53)44-41)25(3)37-40(5,57-37)32(19-35(51)46(8)30-18-27(16-23)17-28(21-47)36(30)42)56-38(52)26(4)45(7)34(50)14-15-58-59-24(2)12-13-33(49)43-6/h8-10,18-19,25,27-29,31,33,35-37,42,55,64H,11-17,20-24H2,1-7H3,(H,50,60)(H,51,63);9-11,17-18,22,24-26,29,31-32,37,47,54H,12-16,19-21H2,1-8H3,(H,43,49)(H,44,53)/b10-8+,26-9+;11-9+,23-10+/t27-,28+,29?,31?,33+,35+,36?,37+,42+,47+,48+;24?,25-,26+,29+,31+,32+,37+,40+,41+/m11/s1. The maximum atomic E-state index is 14.3. The number of esters is 2. The van der Waals surface area contributed by atoms with Crippen molar-refractivity contribution in [1.82, 2.24) is 36.0 Å². The molecule has 6 fully saturated rings. The summed E-state index contributed by atoms with van der Waals surface area (Å²) < 4.78 is 35.9. The number of nitrogens with one attached hydrogen (secondary N) is 4. The van der Waals surface area contributed by atoms with Gasteiger partial charge in [-0.05, 0) is 127 Å². The number of rotatable bonds is 25. The number of thioether (sulfide) groups is 1. The molecule has 698 valence electrons. The maximum absolute atomic E-state index is 14.3. The number of allylic oxidation sites excluding steroid dienone is 6. The van der Waals surface area contributed by atoms with E-state index in [1.165, 1.54) is 101 Å². The highest BCUT2D eigenvalue weighted by Crippen LogP contribution is 2.52. The number of carbonyl (C=O) groups is 14. The highest BCUT2D eigenvalue weighted by Gasteiger charge is 2.66. The molecule has 7 aliphatic heterocycles. The Bertz CT molecular complexity index is 4590. The number of amides is 10. The third kappa shape index (κ3) is 25.2. The van der Waals surface area contributed by atoms with Gasteiger partial charge in [0.25, 0.3) is 0 Å². The van der Waals surface area contributed by atoms with Crippen LogP contribution < -0.4 is 31.1 Å². The van der Waals surface area contributed by atoms with E-state index in [2.05, 4.69) is 21.3 Å². The minimum absolute atomic E-state index is 0.00630. The predicted octanol–water partition coefficient (Wildman–Crippen LogP) is 8.09. The van der Waals surface area contributed by atoms with Gasteiger partial charge >= 0.3 is 24.1 Å². The second-order valence-electron chi connectivity index (χ2n) is 34.7. The van der Waals surface area contributed by atoms with Crippen molar-refractivity contribution in [3.63, 3.8) is 0 Å². The Morgan fingerprint density at radius 2 is 1.09 bits per heavy atom. The number of benzene rings is 2. The zero-order valence-electron chi connectivity index (χ0n) is 74.5. The number of alkyl carbamates (subject to hydrolysis) is 2. The quantitative estimate of drug-likeness (QED) is 0.00885. The number of hydrogen-bond donors (Lipinski definition) is 8. The van der Waals surface area contributed by atoms with Gasteiger partial charge in [-0.1, -0.05) is 125 Å². The van der Waals surface area contributed by atoms with Gasteiger partial charge in [0.2, 0.25) is 47.3 Å². The summed E-state index contributed by atoms with van der Waals surface area (Å²) in [5.74, 6) is -6.80. The molecule has 0 aromatic heterocycles. The summed E-state index contributed by atoms with van der Waals surface area (Å²) in [5, 5.41) is 53.7. The average molecular weight is 1870 g/mol. The van der Waals surface area contributed by atoms with Crippen LogP contribution in [0.25, 0.3) is 0 Å². The Kier molecular flexibility index (Phi) is 35.8. The van der Waals surface area contributed by atoms with E-state index in [-0.39, 0.29) is 101 Å². The molecule has 1 aliphatic carbocycles. The molecule has 10 amide bonds. The Labute approximate surface area is 762 Å². The summed E-state index contributed by atoms with van der Waals surface area (Å²) in [6.07, 6.45) is 6.57. The van der Waals surface area contributed by atoms with Gasteiger partial charge in [-0.25, -0.2) is 19.2 Å². The molecule has 1 saturated carbocycles. The van der Waals surface area contributed by atoms with E-state index in [9.17, 15) is 87.5 Å². The summed E-state index contributed by atoms with van der Waals surface area (Å²) in [4.78, 5) is 190. The van der Waals surface area contributed by atoms with Gasteiger partial charge in [-0.15, -0.1) is 11.8 Å². The zero-order chi connectivity index (χ0) is 93.6. The first-order chi connectivity index (χ1) is 59.9. The number of aliphatic hydroxyl groups is 4. The molecule has 2 unspecified atom stereocenters. The van der Waals surface area contributed by atoms with Crippen molar-refractivity contribution in [2.45, 2.75) is 254 Å². The number of hydrogen-bond acceptors (Lipinski definition) is 27. The largest absolute Gasteiger partial charge is 0.457 e. The lowest BCUT2D eigenvalue weighted by molar-refractivity contribution is -0.162. The molecule has 0 spiro atoms. The molecule has 5 saturated heterocycles. The summed E-state index contributed by atoms with van der Waals surface area (Å²) in [6.45, 7) is 15.0. The smallest absolute Gasteiger partial charge is 0.409 e.